The second-order valence-corrected chi connectivity index (χ2v) is 3.14. The number of ketones is 1. The van der Waals surface area contributed by atoms with Gasteiger partial charge < -0.3 is 16.2 Å². The third-order valence-electron chi connectivity index (χ3n) is 1.87. The molecule has 0 saturated carbocycles. The zero-order valence-corrected chi connectivity index (χ0v) is 9.01. The molecular weight excluding hydrogens is 204 g/mol. The molecule has 0 aliphatic heterocycles. The molecule has 0 spiro atoms. The van der Waals surface area contributed by atoms with Crippen LogP contribution in [0, 0.1) is 0 Å². The van der Waals surface area contributed by atoms with Gasteiger partial charge >= 0.3 is 0 Å². The Hall–Kier alpha value is -2.23. The molecule has 0 aliphatic rings. The highest BCUT2D eigenvalue weighted by Crippen LogP contribution is 2.14. The van der Waals surface area contributed by atoms with Crippen molar-refractivity contribution in [1.82, 2.24) is 0 Å². The molecule has 0 radical (unpaired) electrons. The number of carbonyl (C=O) groups excluding carboxylic acids is 1. The van der Waals surface area contributed by atoms with Crippen LogP contribution in [0.25, 0.3) is 0 Å². The quantitative estimate of drug-likeness (QED) is 0.456. The van der Waals surface area contributed by atoms with E-state index in [1.807, 2.05) is 0 Å². The Kier molecular flexibility index (Phi) is 4.15. The summed E-state index contributed by atoms with van der Waals surface area (Å²) in [4.78, 5) is 11.0. The normalized spacial score (nSPS) is 11.7. The van der Waals surface area contributed by atoms with Crippen molar-refractivity contribution in [2.45, 2.75) is 6.92 Å². The Labute approximate surface area is 94.2 Å². The monoisotopic (exact) mass is 218 g/mol. The molecule has 16 heavy (non-hydrogen) atoms. The molecule has 0 saturated heterocycles. The molecule has 0 aromatic heterocycles. The van der Waals surface area contributed by atoms with E-state index in [2.05, 4.69) is 0 Å². The van der Waals surface area contributed by atoms with Gasteiger partial charge in [0.1, 0.15) is 5.75 Å². The second kappa shape index (κ2) is 5.60. The molecule has 0 fully saturated rings. The summed E-state index contributed by atoms with van der Waals surface area (Å²) in [6, 6.07) is 6.74. The highest BCUT2D eigenvalue weighted by Gasteiger charge is 1.99. The smallest absolute Gasteiger partial charge is 0.190 e. The first-order valence-electron chi connectivity index (χ1n) is 4.76. The minimum absolute atomic E-state index is 0.0149. The lowest BCUT2D eigenvalue weighted by Crippen LogP contribution is -2.05. The van der Waals surface area contributed by atoms with Crippen molar-refractivity contribution in [2.75, 3.05) is 0 Å². The second-order valence-electron chi connectivity index (χ2n) is 3.14. The van der Waals surface area contributed by atoms with Crippen molar-refractivity contribution < 1.29 is 9.53 Å². The van der Waals surface area contributed by atoms with Crippen molar-refractivity contribution in [3.05, 3.63) is 54.1 Å². The van der Waals surface area contributed by atoms with Crippen LogP contribution in [0.5, 0.6) is 5.75 Å². The molecule has 4 heteroatoms. The van der Waals surface area contributed by atoms with Gasteiger partial charge in [0.05, 0.1) is 0 Å². The number of rotatable bonds is 4. The molecule has 84 valence electrons. The first kappa shape index (κ1) is 11.8. The van der Waals surface area contributed by atoms with E-state index in [9.17, 15) is 4.79 Å². The van der Waals surface area contributed by atoms with Crippen molar-refractivity contribution in [3.63, 3.8) is 0 Å². The van der Waals surface area contributed by atoms with Gasteiger partial charge in [-0.3, -0.25) is 4.79 Å². The van der Waals surface area contributed by atoms with Gasteiger partial charge in [0.25, 0.3) is 0 Å². The summed E-state index contributed by atoms with van der Waals surface area (Å²) in [6.07, 6.45) is 4.47. The van der Waals surface area contributed by atoms with Gasteiger partial charge in [0.2, 0.25) is 0 Å². The van der Waals surface area contributed by atoms with Gasteiger partial charge in [-0.25, -0.2) is 0 Å². The SMILES string of the molecule is CC(=O)c1ccc(O/C(N)=C/C=C\N)cc1. The van der Waals surface area contributed by atoms with Crippen LogP contribution in [0.3, 0.4) is 0 Å². The standard InChI is InChI=1S/C12H14N2O2/c1-9(15)10-4-6-11(7-5-10)16-12(14)3-2-8-13/h2-8H,13-14H2,1H3/b8-2-,12-3+. The molecule has 1 aromatic carbocycles. The number of benzene rings is 1. The fraction of sp³-hybridized carbons (Fsp3) is 0.0833. The van der Waals surface area contributed by atoms with E-state index in [1.54, 1.807) is 36.4 Å². The fourth-order valence-electron chi connectivity index (χ4n) is 1.08. The van der Waals surface area contributed by atoms with Crippen LogP contribution in [0.2, 0.25) is 0 Å². The number of hydrogen-bond acceptors (Lipinski definition) is 4. The Balaban J connectivity index is 2.72. The largest absolute Gasteiger partial charge is 0.442 e. The molecule has 0 amide bonds. The maximum Gasteiger partial charge on any atom is 0.190 e. The third-order valence-corrected chi connectivity index (χ3v) is 1.87. The summed E-state index contributed by atoms with van der Waals surface area (Å²) in [5.41, 5.74) is 11.3. The van der Waals surface area contributed by atoms with Crippen LogP contribution in [0.1, 0.15) is 17.3 Å². The summed E-state index contributed by atoms with van der Waals surface area (Å²) in [5.74, 6) is 0.822. The van der Waals surface area contributed by atoms with E-state index < -0.39 is 0 Å². The van der Waals surface area contributed by atoms with Gasteiger partial charge in [-0.15, -0.1) is 0 Å². The van der Waals surface area contributed by atoms with Crippen LogP contribution in [-0.4, -0.2) is 5.78 Å². The lowest BCUT2D eigenvalue weighted by Gasteiger charge is -2.04. The number of allylic oxidation sites excluding steroid dienone is 2. The van der Waals surface area contributed by atoms with Crippen molar-refractivity contribution in [3.8, 4) is 5.75 Å². The number of carbonyl (C=O) groups is 1. The minimum Gasteiger partial charge on any atom is -0.442 e. The Morgan fingerprint density at radius 1 is 1.31 bits per heavy atom. The van der Waals surface area contributed by atoms with Crippen LogP contribution in [0.4, 0.5) is 0 Å². The maximum atomic E-state index is 11.0. The molecular formula is C12H14N2O2. The fourth-order valence-corrected chi connectivity index (χ4v) is 1.08. The minimum atomic E-state index is 0.0149. The van der Waals surface area contributed by atoms with E-state index in [4.69, 9.17) is 16.2 Å². The average molecular weight is 218 g/mol. The first-order valence-corrected chi connectivity index (χ1v) is 4.76. The van der Waals surface area contributed by atoms with Crippen molar-refractivity contribution in [2.24, 2.45) is 11.5 Å². The molecule has 0 aliphatic carbocycles. The molecule has 0 unspecified atom stereocenters. The topological polar surface area (TPSA) is 78.3 Å². The van der Waals surface area contributed by atoms with Gasteiger partial charge in [0, 0.05) is 5.56 Å². The lowest BCUT2D eigenvalue weighted by molar-refractivity contribution is 0.101. The number of hydrogen-bond donors (Lipinski definition) is 2. The number of Topliss-reactive ketones (excluding diaryl/α,β-unsaturated/α-hetero) is 1. The van der Waals surface area contributed by atoms with E-state index in [1.165, 1.54) is 13.1 Å². The van der Waals surface area contributed by atoms with Gasteiger partial charge in [-0.05, 0) is 49.5 Å². The lowest BCUT2D eigenvalue weighted by atomic mass is 10.1. The zero-order valence-electron chi connectivity index (χ0n) is 9.01. The van der Waals surface area contributed by atoms with Crippen LogP contribution >= 0.6 is 0 Å². The van der Waals surface area contributed by atoms with E-state index in [-0.39, 0.29) is 11.7 Å². The van der Waals surface area contributed by atoms with Crippen LogP contribution in [-0.2, 0) is 0 Å². The predicted octanol–water partition coefficient (Wildman–Crippen LogP) is 1.54. The highest BCUT2D eigenvalue weighted by atomic mass is 16.5. The van der Waals surface area contributed by atoms with Crippen LogP contribution < -0.4 is 16.2 Å². The molecule has 0 bridgehead atoms. The Morgan fingerprint density at radius 3 is 2.44 bits per heavy atom. The number of ether oxygens (including phenoxy) is 1. The Morgan fingerprint density at radius 2 is 1.94 bits per heavy atom. The highest BCUT2D eigenvalue weighted by molar-refractivity contribution is 5.94. The van der Waals surface area contributed by atoms with Gasteiger partial charge in [0.15, 0.2) is 11.7 Å². The summed E-state index contributed by atoms with van der Waals surface area (Å²) in [6.45, 7) is 1.51. The van der Waals surface area contributed by atoms with Gasteiger partial charge in [-0.2, -0.15) is 0 Å². The van der Waals surface area contributed by atoms with Crippen LogP contribution in [0.15, 0.2) is 48.5 Å². The third kappa shape index (κ3) is 3.49. The predicted molar refractivity (Wildman–Crippen MR) is 62.7 cm³/mol. The van der Waals surface area contributed by atoms with E-state index in [0.717, 1.165) is 0 Å². The molecule has 0 heterocycles. The zero-order chi connectivity index (χ0) is 12.0. The number of nitrogens with two attached hydrogens (primary N) is 2. The average Bonchev–Trinajstić information content (AvgIpc) is 2.27. The molecule has 1 rings (SSSR count). The maximum absolute atomic E-state index is 11.0. The molecule has 1 aromatic rings. The first-order chi connectivity index (χ1) is 7.63. The summed E-state index contributed by atoms with van der Waals surface area (Å²) in [7, 11) is 0. The molecule has 0 atom stereocenters. The summed E-state index contributed by atoms with van der Waals surface area (Å²) in [5, 5.41) is 0. The molecule has 4 N–H and O–H groups in total. The van der Waals surface area contributed by atoms with E-state index >= 15 is 0 Å². The van der Waals surface area contributed by atoms with Crippen molar-refractivity contribution >= 4 is 5.78 Å². The summed E-state index contributed by atoms with van der Waals surface area (Å²) < 4.78 is 5.27. The van der Waals surface area contributed by atoms with Gasteiger partial charge in [-0.1, -0.05) is 0 Å². The molecule has 4 nitrogen and oxygen atoms in total. The Bertz CT molecular complexity index is 419. The van der Waals surface area contributed by atoms with Crippen molar-refractivity contribution in [1.29, 1.82) is 0 Å². The van der Waals surface area contributed by atoms with E-state index in [0.29, 0.717) is 11.3 Å². The summed E-state index contributed by atoms with van der Waals surface area (Å²) >= 11 is 0.